The fourth-order valence-electron chi connectivity index (χ4n) is 3.34. The molecule has 0 amide bonds. The smallest absolute Gasteiger partial charge is 0.314 e. The highest BCUT2D eigenvalue weighted by Gasteiger charge is 2.46. The lowest BCUT2D eigenvalue weighted by Crippen LogP contribution is -2.34. The maximum absolute atomic E-state index is 12.0. The number of rotatable bonds is 4. The van der Waals surface area contributed by atoms with E-state index in [1.165, 1.54) is 0 Å². The Bertz CT molecular complexity index is 528. The molecule has 0 bridgehead atoms. The monoisotopic (exact) mass is 278 g/mol. The highest BCUT2D eigenvalue weighted by atomic mass is 16.5. The second-order valence-corrected chi connectivity index (χ2v) is 5.52. The van der Waals surface area contributed by atoms with Crippen molar-refractivity contribution >= 4 is 5.97 Å². The van der Waals surface area contributed by atoms with E-state index in [1.807, 2.05) is 19.9 Å². The van der Waals surface area contributed by atoms with E-state index in [1.54, 1.807) is 14.2 Å². The van der Waals surface area contributed by atoms with E-state index in [2.05, 4.69) is 0 Å². The summed E-state index contributed by atoms with van der Waals surface area (Å²) in [5.74, 6) is 0.419. The molecule has 4 nitrogen and oxygen atoms in total. The third kappa shape index (κ3) is 2.03. The molecule has 0 spiro atoms. The van der Waals surface area contributed by atoms with Gasteiger partial charge in [0.05, 0.1) is 19.6 Å². The van der Waals surface area contributed by atoms with Crippen molar-refractivity contribution in [3.63, 3.8) is 0 Å². The SMILES string of the molecule is COc1cc(C)c(C)c(C2(C(=O)O)CCCC2)c1OC. The molecule has 1 aliphatic rings. The molecular formula is C16H22O4. The van der Waals surface area contributed by atoms with Crippen LogP contribution >= 0.6 is 0 Å². The van der Waals surface area contributed by atoms with Crippen molar-refractivity contribution in [1.82, 2.24) is 0 Å². The number of aliphatic carboxylic acids is 1. The number of carboxylic acids is 1. The molecule has 0 aliphatic heterocycles. The van der Waals surface area contributed by atoms with Gasteiger partial charge >= 0.3 is 5.97 Å². The predicted octanol–water partition coefficient (Wildman–Crippen LogP) is 3.22. The molecule has 0 heterocycles. The third-order valence-corrected chi connectivity index (χ3v) is 4.53. The predicted molar refractivity (Wildman–Crippen MR) is 76.8 cm³/mol. The van der Waals surface area contributed by atoms with Crippen molar-refractivity contribution in [2.24, 2.45) is 0 Å². The third-order valence-electron chi connectivity index (χ3n) is 4.53. The Morgan fingerprint density at radius 2 is 1.80 bits per heavy atom. The number of ether oxygens (including phenoxy) is 2. The first-order valence-electron chi connectivity index (χ1n) is 6.94. The fraction of sp³-hybridized carbons (Fsp3) is 0.562. The zero-order chi connectivity index (χ0) is 14.9. The van der Waals surface area contributed by atoms with Gasteiger partial charge in [-0.15, -0.1) is 0 Å². The van der Waals surface area contributed by atoms with Gasteiger partial charge in [0.1, 0.15) is 0 Å². The fourth-order valence-corrected chi connectivity index (χ4v) is 3.34. The molecule has 1 aromatic rings. The van der Waals surface area contributed by atoms with Gasteiger partial charge in [0.25, 0.3) is 0 Å². The molecule has 110 valence electrons. The largest absolute Gasteiger partial charge is 0.493 e. The Morgan fingerprint density at radius 3 is 2.25 bits per heavy atom. The highest BCUT2D eigenvalue weighted by molar-refractivity contribution is 5.84. The van der Waals surface area contributed by atoms with Crippen molar-refractivity contribution in [3.05, 3.63) is 22.8 Å². The molecule has 20 heavy (non-hydrogen) atoms. The standard InChI is InChI=1S/C16H22O4/c1-10-9-12(19-3)14(20-4)13(11(10)2)16(15(17)18)7-5-6-8-16/h9H,5-8H2,1-4H3,(H,17,18). The zero-order valence-corrected chi connectivity index (χ0v) is 12.6. The molecule has 1 saturated carbocycles. The van der Waals surface area contributed by atoms with E-state index in [0.29, 0.717) is 24.3 Å². The van der Waals surface area contributed by atoms with Crippen LogP contribution in [0, 0.1) is 13.8 Å². The average molecular weight is 278 g/mol. The number of carbonyl (C=O) groups is 1. The van der Waals surface area contributed by atoms with Crippen LogP contribution in [0.25, 0.3) is 0 Å². The van der Waals surface area contributed by atoms with E-state index in [0.717, 1.165) is 29.5 Å². The van der Waals surface area contributed by atoms with Crippen LogP contribution in [-0.4, -0.2) is 25.3 Å². The Morgan fingerprint density at radius 1 is 1.20 bits per heavy atom. The lowest BCUT2D eigenvalue weighted by molar-refractivity contribution is -0.143. The minimum Gasteiger partial charge on any atom is -0.493 e. The first-order chi connectivity index (χ1) is 9.47. The molecule has 1 aliphatic carbocycles. The van der Waals surface area contributed by atoms with Gasteiger partial charge in [-0.3, -0.25) is 4.79 Å². The van der Waals surface area contributed by atoms with Crippen molar-refractivity contribution in [3.8, 4) is 11.5 Å². The molecular weight excluding hydrogens is 256 g/mol. The van der Waals surface area contributed by atoms with Crippen LogP contribution < -0.4 is 9.47 Å². The molecule has 1 N–H and O–H groups in total. The Kier molecular flexibility index (Phi) is 3.93. The average Bonchev–Trinajstić information content (AvgIpc) is 2.91. The molecule has 0 radical (unpaired) electrons. The van der Waals surface area contributed by atoms with Gasteiger partial charge in [-0.05, 0) is 43.9 Å². The van der Waals surface area contributed by atoms with E-state index < -0.39 is 11.4 Å². The van der Waals surface area contributed by atoms with Crippen molar-refractivity contribution in [2.45, 2.75) is 44.9 Å². The summed E-state index contributed by atoms with van der Waals surface area (Å²) in [6, 6.07) is 1.90. The van der Waals surface area contributed by atoms with Crippen molar-refractivity contribution in [1.29, 1.82) is 0 Å². The van der Waals surface area contributed by atoms with Crippen LogP contribution in [0.3, 0.4) is 0 Å². The van der Waals surface area contributed by atoms with Gasteiger partial charge in [0.2, 0.25) is 0 Å². The maximum Gasteiger partial charge on any atom is 0.314 e. The summed E-state index contributed by atoms with van der Waals surface area (Å²) >= 11 is 0. The van der Waals surface area contributed by atoms with E-state index >= 15 is 0 Å². The normalized spacial score (nSPS) is 17.0. The quantitative estimate of drug-likeness (QED) is 0.918. The summed E-state index contributed by atoms with van der Waals surface area (Å²) in [4.78, 5) is 12.0. The zero-order valence-electron chi connectivity index (χ0n) is 12.6. The summed E-state index contributed by atoms with van der Waals surface area (Å²) in [6.45, 7) is 3.95. The Hall–Kier alpha value is -1.71. The summed E-state index contributed by atoms with van der Waals surface area (Å²) < 4.78 is 10.9. The number of methoxy groups -OCH3 is 2. The molecule has 0 saturated heterocycles. The van der Waals surface area contributed by atoms with Crippen LogP contribution in [0.1, 0.15) is 42.4 Å². The number of benzene rings is 1. The van der Waals surface area contributed by atoms with Gasteiger partial charge in [0.15, 0.2) is 11.5 Å². The van der Waals surface area contributed by atoms with E-state index in [4.69, 9.17) is 9.47 Å². The van der Waals surface area contributed by atoms with Crippen molar-refractivity contribution < 1.29 is 19.4 Å². The Labute approximate surface area is 119 Å². The minimum atomic E-state index is -0.839. The first kappa shape index (κ1) is 14.7. The molecule has 0 unspecified atom stereocenters. The number of hydrogen-bond donors (Lipinski definition) is 1. The van der Waals surface area contributed by atoms with Crippen LogP contribution in [0.15, 0.2) is 6.07 Å². The van der Waals surface area contributed by atoms with Crippen LogP contribution in [0.5, 0.6) is 11.5 Å². The van der Waals surface area contributed by atoms with Crippen LogP contribution in [0.4, 0.5) is 0 Å². The lowest BCUT2D eigenvalue weighted by atomic mass is 9.75. The van der Waals surface area contributed by atoms with Gasteiger partial charge in [0, 0.05) is 5.56 Å². The molecule has 0 atom stereocenters. The van der Waals surface area contributed by atoms with Gasteiger partial charge in [-0.2, -0.15) is 0 Å². The number of carboxylic acid groups (broad SMARTS) is 1. The highest BCUT2D eigenvalue weighted by Crippen LogP contribution is 2.50. The summed E-state index contributed by atoms with van der Waals surface area (Å²) in [5.41, 5.74) is 1.98. The van der Waals surface area contributed by atoms with Gasteiger partial charge < -0.3 is 14.6 Å². The first-order valence-corrected chi connectivity index (χ1v) is 6.94. The van der Waals surface area contributed by atoms with Crippen molar-refractivity contribution in [2.75, 3.05) is 14.2 Å². The lowest BCUT2D eigenvalue weighted by Gasteiger charge is -2.30. The molecule has 2 rings (SSSR count). The molecule has 4 heteroatoms. The maximum atomic E-state index is 12.0. The second-order valence-electron chi connectivity index (χ2n) is 5.52. The molecule has 1 fully saturated rings. The number of aryl methyl sites for hydroxylation is 1. The van der Waals surface area contributed by atoms with E-state index in [-0.39, 0.29) is 0 Å². The van der Waals surface area contributed by atoms with Gasteiger partial charge in [-0.25, -0.2) is 0 Å². The molecule has 0 aromatic heterocycles. The minimum absolute atomic E-state index is 0.569. The van der Waals surface area contributed by atoms with Crippen LogP contribution in [-0.2, 0) is 10.2 Å². The second kappa shape index (κ2) is 5.35. The topological polar surface area (TPSA) is 55.8 Å². The summed E-state index contributed by atoms with van der Waals surface area (Å²) in [5, 5.41) is 9.82. The summed E-state index contributed by atoms with van der Waals surface area (Å²) in [6.07, 6.45) is 3.19. The number of hydrogen-bond acceptors (Lipinski definition) is 3. The molecule has 1 aromatic carbocycles. The Balaban J connectivity index is 2.77. The van der Waals surface area contributed by atoms with Gasteiger partial charge in [-0.1, -0.05) is 12.8 Å². The van der Waals surface area contributed by atoms with E-state index in [9.17, 15) is 9.90 Å². The summed E-state index contributed by atoms with van der Waals surface area (Å²) in [7, 11) is 3.15. The van der Waals surface area contributed by atoms with Crippen LogP contribution in [0.2, 0.25) is 0 Å².